The van der Waals surface area contributed by atoms with Gasteiger partial charge < -0.3 is 20.4 Å². The average Bonchev–Trinajstić information content (AvgIpc) is 3.00. The van der Waals surface area contributed by atoms with Crippen LogP contribution in [0.4, 0.5) is 0 Å². The molecule has 2 rings (SSSR count). The summed E-state index contributed by atoms with van der Waals surface area (Å²) in [6.45, 7) is 4.01. The van der Waals surface area contributed by atoms with Gasteiger partial charge in [0.05, 0.1) is 11.7 Å². The number of thioether (sulfide) groups is 1. The summed E-state index contributed by atoms with van der Waals surface area (Å²) in [6.07, 6.45) is 6.20. The number of aliphatic hydroxyl groups is 1. The highest BCUT2D eigenvalue weighted by molar-refractivity contribution is 7.98. The first-order valence-electron chi connectivity index (χ1n) is 8.40. The summed E-state index contributed by atoms with van der Waals surface area (Å²) >= 11 is 1.40. The number of aromatic nitrogens is 1. The van der Waals surface area contributed by atoms with Gasteiger partial charge in [-0.25, -0.2) is 4.79 Å². The molecule has 0 spiro atoms. The predicted octanol–water partition coefficient (Wildman–Crippen LogP) is 2.53. The van der Waals surface area contributed by atoms with Gasteiger partial charge in [-0.3, -0.25) is 4.98 Å². The maximum Gasteiger partial charge on any atom is 0.337 e. The van der Waals surface area contributed by atoms with E-state index in [4.69, 9.17) is 10.2 Å². The molecule has 0 saturated carbocycles. The zero-order valence-electron chi connectivity index (χ0n) is 14.9. The van der Waals surface area contributed by atoms with Crippen LogP contribution < -0.4 is 5.73 Å². The molecule has 0 fully saturated rings. The van der Waals surface area contributed by atoms with E-state index >= 15 is 0 Å². The second-order valence-corrected chi connectivity index (χ2v) is 7.33. The number of rotatable bonds is 9. The van der Waals surface area contributed by atoms with Crippen LogP contribution in [0.3, 0.4) is 0 Å². The van der Waals surface area contributed by atoms with Crippen LogP contribution in [-0.4, -0.2) is 44.8 Å². The van der Waals surface area contributed by atoms with E-state index in [1.807, 2.05) is 19.2 Å². The van der Waals surface area contributed by atoms with E-state index in [0.29, 0.717) is 17.0 Å². The van der Waals surface area contributed by atoms with E-state index in [1.165, 1.54) is 11.8 Å². The molecule has 0 aliphatic heterocycles. The lowest BCUT2D eigenvalue weighted by Crippen LogP contribution is -2.57. The number of hydrogen-bond donors (Lipinski definition) is 3. The largest absolute Gasteiger partial charge is 0.479 e. The lowest BCUT2D eigenvalue weighted by atomic mass is 9.89. The third-order valence-corrected chi connectivity index (χ3v) is 5.10. The Labute approximate surface area is 151 Å². The zero-order valence-corrected chi connectivity index (χ0v) is 15.7. The maximum atomic E-state index is 11.7. The highest BCUT2D eigenvalue weighted by Gasteiger charge is 2.43. The number of carboxylic acid groups (broad SMARTS) is 1. The van der Waals surface area contributed by atoms with E-state index in [2.05, 4.69) is 11.9 Å². The van der Waals surface area contributed by atoms with Gasteiger partial charge in [-0.1, -0.05) is 13.3 Å². The zero-order chi connectivity index (χ0) is 18.6. The van der Waals surface area contributed by atoms with E-state index < -0.39 is 17.6 Å². The molecule has 0 aliphatic carbocycles. The minimum atomic E-state index is -2.07. The lowest BCUT2D eigenvalue weighted by molar-refractivity contribution is -0.160. The van der Waals surface area contributed by atoms with E-state index in [0.717, 1.165) is 36.0 Å². The van der Waals surface area contributed by atoms with Crippen LogP contribution in [0.25, 0.3) is 11.0 Å². The summed E-state index contributed by atoms with van der Waals surface area (Å²) < 4.78 is 5.92. The first-order chi connectivity index (χ1) is 11.8. The van der Waals surface area contributed by atoms with Gasteiger partial charge in [0.1, 0.15) is 11.3 Å². The van der Waals surface area contributed by atoms with Crippen LogP contribution in [0.2, 0.25) is 0 Å². The van der Waals surface area contributed by atoms with Crippen LogP contribution in [0, 0.1) is 6.92 Å². The summed E-state index contributed by atoms with van der Waals surface area (Å²) in [7, 11) is 0. The van der Waals surface area contributed by atoms with Crippen molar-refractivity contribution < 1.29 is 19.4 Å². The SMILES string of the molecule is CCCCc1cc2c(C[C@](O)(C(=O)O)C(N)CSC)ncc(C)c2o1. The van der Waals surface area contributed by atoms with Crippen LogP contribution >= 0.6 is 11.8 Å². The monoisotopic (exact) mass is 366 g/mol. The van der Waals surface area contributed by atoms with Crippen LogP contribution in [0.15, 0.2) is 16.7 Å². The van der Waals surface area contributed by atoms with Crippen molar-refractivity contribution in [2.75, 3.05) is 12.0 Å². The van der Waals surface area contributed by atoms with Gasteiger partial charge in [0.25, 0.3) is 0 Å². The predicted molar refractivity (Wildman–Crippen MR) is 100 cm³/mol. The molecule has 2 aromatic rings. The molecule has 2 aromatic heterocycles. The average molecular weight is 366 g/mol. The molecule has 0 amide bonds. The molecule has 0 saturated heterocycles. The Kier molecular flexibility index (Phi) is 6.48. The number of carbonyl (C=O) groups is 1. The summed E-state index contributed by atoms with van der Waals surface area (Å²) in [5.74, 6) is -0.147. The molecule has 25 heavy (non-hydrogen) atoms. The van der Waals surface area contributed by atoms with Crippen molar-refractivity contribution in [3.63, 3.8) is 0 Å². The Hall–Kier alpha value is -1.57. The molecule has 7 heteroatoms. The van der Waals surface area contributed by atoms with Gasteiger partial charge in [0, 0.05) is 35.7 Å². The molecular weight excluding hydrogens is 340 g/mol. The van der Waals surface area contributed by atoms with Gasteiger partial charge in [-0.2, -0.15) is 11.8 Å². The van der Waals surface area contributed by atoms with Gasteiger partial charge in [0.15, 0.2) is 5.60 Å². The highest BCUT2D eigenvalue weighted by Crippen LogP contribution is 2.29. The van der Waals surface area contributed by atoms with Crippen molar-refractivity contribution in [1.29, 1.82) is 0 Å². The number of hydrogen-bond acceptors (Lipinski definition) is 6. The Morgan fingerprint density at radius 3 is 2.84 bits per heavy atom. The van der Waals surface area contributed by atoms with Crippen molar-refractivity contribution in [2.45, 2.75) is 51.2 Å². The Bertz CT molecular complexity index is 746. The Balaban J connectivity index is 2.43. The van der Waals surface area contributed by atoms with Gasteiger partial charge in [-0.15, -0.1) is 0 Å². The molecule has 4 N–H and O–H groups in total. The third kappa shape index (κ3) is 4.16. The van der Waals surface area contributed by atoms with Gasteiger partial charge >= 0.3 is 5.97 Å². The topological polar surface area (TPSA) is 110 Å². The molecule has 6 nitrogen and oxygen atoms in total. The summed E-state index contributed by atoms with van der Waals surface area (Å²) in [5, 5.41) is 21.0. The van der Waals surface area contributed by atoms with Crippen molar-refractivity contribution in [2.24, 2.45) is 5.73 Å². The highest BCUT2D eigenvalue weighted by atomic mass is 32.2. The molecule has 1 unspecified atom stereocenters. The number of nitrogens with zero attached hydrogens (tertiary/aromatic N) is 1. The molecule has 0 aliphatic rings. The second-order valence-electron chi connectivity index (χ2n) is 6.41. The summed E-state index contributed by atoms with van der Waals surface area (Å²) in [5.41, 5.74) is 5.96. The number of aryl methyl sites for hydroxylation is 2. The lowest BCUT2D eigenvalue weighted by Gasteiger charge is -2.29. The summed E-state index contributed by atoms with van der Waals surface area (Å²) in [6, 6.07) is 1.01. The first-order valence-corrected chi connectivity index (χ1v) is 9.80. The maximum absolute atomic E-state index is 11.7. The van der Waals surface area contributed by atoms with E-state index in [-0.39, 0.29) is 6.42 Å². The van der Waals surface area contributed by atoms with Crippen molar-refractivity contribution in [1.82, 2.24) is 4.98 Å². The van der Waals surface area contributed by atoms with Gasteiger partial charge in [0.2, 0.25) is 0 Å². The molecule has 2 atom stereocenters. The molecular formula is C18H26N2O4S. The quantitative estimate of drug-likeness (QED) is 0.625. The fraction of sp³-hybridized carbons (Fsp3) is 0.556. The fourth-order valence-corrected chi connectivity index (χ4v) is 3.44. The Morgan fingerprint density at radius 2 is 2.24 bits per heavy atom. The smallest absolute Gasteiger partial charge is 0.337 e. The minimum absolute atomic E-state index is 0.159. The van der Waals surface area contributed by atoms with Crippen molar-refractivity contribution in [3.05, 3.63) is 29.3 Å². The number of nitrogens with two attached hydrogens (primary N) is 1. The minimum Gasteiger partial charge on any atom is -0.479 e. The number of pyridine rings is 1. The molecule has 0 radical (unpaired) electrons. The number of aliphatic carboxylic acids is 1. The van der Waals surface area contributed by atoms with Crippen molar-refractivity contribution >= 4 is 28.7 Å². The van der Waals surface area contributed by atoms with Crippen LogP contribution in [0.1, 0.15) is 36.8 Å². The number of unbranched alkanes of at least 4 members (excludes halogenated alkanes) is 1. The number of carboxylic acids is 1. The molecule has 0 bridgehead atoms. The van der Waals surface area contributed by atoms with E-state index in [9.17, 15) is 15.0 Å². The number of furan rings is 1. The standard InChI is InChI=1S/C18H26N2O4S/c1-4-5-6-12-7-13-14(20-9-11(2)16(13)24-12)8-18(23,17(21)22)15(19)10-25-3/h7,9,15,23H,4-6,8,10,19H2,1-3H3,(H,21,22)/t15?,18-/m1/s1. The van der Waals surface area contributed by atoms with E-state index in [1.54, 1.807) is 6.20 Å². The van der Waals surface area contributed by atoms with Crippen molar-refractivity contribution in [3.8, 4) is 0 Å². The number of fused-ring (bicyclic) bond motifs is 1. The third-order valence-electron chi connectivity index (χ3n) is 4.41. The fourth-order valence-electron chi connectivity index (χ4n) is 2.81. The second kappa shape index (κ2) is 8.21. The normalized spacial score (nSPS) is 15.2. The van der Waals surface area contributed by atoms with Gasteiger partial charge in [-0.05, 0) is 25.7 Å². The van der Waals surface area contributed by atoms with Crippen LogP contribution in [0.5, 0.6) is 0 Å². The Morgan fingerprint density at radius 1 is 1.52 bits per heavy atom. The first kappa shape index (κ1) is 19.8. The van der Waals surface area contributed by atoms with Crippen LogP contribution in [-0.2, 0) is 17.6 Å². The summed E-state index contributed by atoms with van der Waals surface area (Å²) in [4.78, 5) is 16.1. The molecule has 138 valence electrons. The molecule has 0 aromatic carbocycles. The molecule has 2 heterocycles.